The summed E-state index contributed by atoms with van der Waals surface area (Å²) in [5.74, 6) is 0.447. The van der Waals surface area contributed by atoms with Crippen molar-refractivity contribution in [2.45, 2.75) is 32.0 Å². The molecule has 1 amide bonds. The lowest BCUT2D eigenvalue weighted by Crippen LogP contribution is -2.47. The molecule has 5 heterocycles. The number of fused-ring (bicyclic) bond motifs is 5. The van der Waals surface area contributed by atoms with Gasteiger partial charge in [-0.25, -0.2) is 4.98 Å². The number of hydrogen-bond donors (Lipinski definition) is 0. The molecule has 3 aliphatic heterocycles. The first-order valence-corrected chi connectivity index (χ1v) is 10.6. The Balaban J connectivity index is 1.35. The summed E-state index contributed by atoms with van der Waals surface area (Å²) < 4.78 is 2.15. The fraction of sp³-hybridized carbons (Fsp3) is 0.429. The van der Waals surface area contributed by atoms with Crippen LogP contribution in [0.4, 0.5) is 0 Å². The summed E-state index contributed by atoms with van der Waals surface area (Å²) in [4.78, 5) is 21.9. The van der Waals surface area contributed by atoms with E-state index in [0.717, 1.165) is 38.2 Å². The van der Waals surface area contributed by atoms with Gasteiger partial charge in [-0.1, -0.05) is 6.07 Å². The van der Waals surface area contributed by atoms with Gasteiger partial charge in [0.05, 0.1) is 23.7 Å². The number of piperidine rings is 1. The van der Waals surface area contributed by atoms with Gasteiger partial charge >= 0.3 is 0 Å². The monoisotopic (exact) mass is 380 g/mol. The van der Waals surface area contributed by atoms with Crippen LogP contribution in [0.15, 0.2) is 41.4 Å². The fourth-order valence-electron chi connectivity index (χ4n) is 4.64. The van der Waals surface area contributed by atoms with Gasteiger partial charge in [0.2, 0.25) is 5.91 Å². The molecule has 2 bridgehead atoms. The maximum absolute atomic E-state index is 13.0. The van der Waals surface area contributed by atoms with Crippen LogP contribution < -0.4 is 0 Å². The molecule has 1 aromatic carbocycles. The Morgan fingerprint density at radius 2 is 2.11 bits per heavy atom. The summed E-state index contributed by atoms with van der Waals surface area (Å²) in [6, 6.07) is 9.19. The Labute approximate surface area is 163 Å². The summed E-state index contributed by atoms with van der Waals surface area (Å²) in [6.45, 7) is 3.40. The molecule has 27 heavy (non-hydrogen) atoms. The minimum absolute atomic E-state index is 0.128. The van der Waals surface area contributed by atoms with E-state index in [1.54, 1.807) is 11.3 Å². The highest BCUT2D eigenvalue weighted by Gasteiger charge is 2.40. The van der Waals surface area contributed by atoms with Crippen molar-refractivity contribution in [1.29, 1.82) is 0 Å². The third kappa shape index (κ3) is 3.17. The van der Waals surface area contributed by atoms with Gasteiger partial charge in [0.1, 0.15) is 0 Å². The molecule has 0 saturated carbocycles. The molecule has 2 aromatic heterocycles. The SMILES string of the molecule is Cn1ccc2cc(CN3C[C@@H]4CC[C@H](C3)N(Cc3cscn3)C4=O)ccc21. The lowest BCUT2D eigenvalue weighted by Gasteiger charge is -2.35. The molecule has 0 aliphatic carbocycles. The number of aryl methyl sites for hydroxylation is 1. The Kier molecular flexibility index (Phi) is 4.25. The molecular formula is C21H24N4OS. The van der Waals surface area contributed by atoms with E-state index in [2.05, 4.69) is 62.2 Å². The number of aromatic nitrogens is 2. The van der Waals surface area contributed by atoms with Gasteiger partial charge in [0.15, 0.2) is 0 Å². The highest BCUT2D eigenvalue weighted by atomic mass is 32.1. The Bertz CT molecular complexity index is 964. The molecule has 3 aliphatic rings. The number of hydrogen-bond acceptors (Lipinski definition) is 4. The van der Waals surface area contributed by atoms with Crippen molar-refractivity contribution in [3.8, 4) is 0 Å². The summed E-state index contributed by atoms with van der Waals surface area (Å²) >= 11 is 1.60. The molecule has 6 rings (SSSR count). The maximum Gasteiger partial charge on any atom is 0.227 e. The average Bonchev–Trinajstić information content (AvgIpc) is 3.22. The number of rotatable bonds is 4. The topological polar surface area (TPSA) is 41.4 Å². The van der Waals surface area contributed by atoms with E-state index in [0.29, 0.717) is 18.5 Å². The summed E-state index contributed by atoms with van der Waals surface area (Å²) in [5.41, 5.74) is 5.46. The van der Waals surface area contributed by atoms with Crippen LogP contribution in [0.3, 0.4) is 0 Å². The second kappa shape index (κ2) is 6.77. The van der Waals surface area contributed by atoms with Crippen LogP contribution in [0, 0.1) is 5.92 Å². The largest absolute Gasteiger partial charge is 0.351 e. The first-order chi connectivity index (χ1) is 13.2. The maximum atomic E-state index is 13.0. The van der Waals surface area contributed by atoms with E-state index < -0.39 is 0 Å². The predicted octanol–water partition coefficient (Wildman–Crippen LogP) is 3.26. The lowest BCUT2D eigenvalue weighted by molar-refractivity contribution is -0.140. The van der Waals surface area contributed by atoms with E-state index in [9.17, 15) is 4.79 Å². The molecule has 0 N–H and O–H groups in total. The van der Waals surface area contributed by atoms with Gasteiger partial charge in [0.25, 0.3) is 0 Å². The third-order valence-corrected chi connectivity index (χ3v) is 6.68. The van der Waals surface area contributed by atoms with Crippen molar-refractivity contribution in [2.75, 3.05) is 13.1 Å². The van der Waals surface area contributed by atoms with Crippen molar-refractivity contribution >= 4 is 28.1 Å². The molecule has 3 aromatic rings. The molecule has 140 valence electrons. The fourth-order valence-corrected chi connectivity index (χ4v) is 5.19. The van der Waals surface area contributed by atoms with Crippen LogP contribution in [0.5, 0.6) is 0 Å². The Hall–Kier alpha value is -2.18. The zero-order valence-electron chi connectivity index (χ0n) is 15.5. The van der Waals surface area contributed by atoms with Crippen molar-refractivity contribution in [1.82, 2.24) is 19.4 Å². The normalized spacial score (nSPS) is 23.3. The van der Waals surface area contributed by atoms with Crippen LogP contribution in [0.1, 0.15) is 24.1 Å². The first-order valence-electron chi connectivity index (χ1n) is 9.61. The predicted molar refractivity (Wildman–Crippen MR) is 107 cm³/mol. The van der Waals surface area contributed by atoms with Crippen LogP contribution in [-0.4, -0.2) is 44.4 Å². The summed E-state index contributed by atoms with van der Waals surface area (Å²) in [6.07, 6.45) is 4.23. The van der Waals surface area contributed by atoms with Gasteiger partial charge in [-0.15, -0.1) is 11.3 Å². The number of thiazole rings is 1. The van der Waals surface area contributed by atoms with Gasteiger partial charge < -0.3 is 9.47 Å². The van der Waals surface area contributed by atoms with Crippen molar-refractivity contribution in [3.63, 3.8) is 0 Å². The zero-order valence-corrected chi connectivity index (χ0v) is 16.4. The standard InChI is InChI=1S/C21H24N4OS/c1-23-7-6-16-8-15(2-5-20(16)23)9-24-10-17-3-4-19(12-24)25(21(17)26)11-18-13-27-14-22-18/h2,5-8,13-14,17,19H,3-4,9-12H2,1H3/t17-,19+/m0/s1. The minimum atomic E-state index is 0.128. The van der Waals surface area contributed by atoms with Gasteiger partial charge in [-0.05, 0) is 42.0 Å². The molecule has 5 nitrogen and oxygen atoms in total. The Morgan fingerprint density at radius 1 is 1.19 bits per heavy atom. The molecule has 2 atom stereocenters. The minimum Gasteiger partial charge on any atom is -0.351 e. The van der Waals surface area contributed by atoms with E-state index in [-0.39, 0.29) is 5.92 Å². The highest BCUT2D eigenvalue weighted by Crippen LogP contribution is 2.31. The van der Waals surface area contributed by atoms with E-state index in [4.69, 9.17) is 0 Å². The smallest absolute Gasteiger partial charge is 0.227 e. The van der Waals surface area contributed by atoms with E-state index in [1.807, 2.05) is 5.51 Å². The molecule has 3 saturated heterocycles. The summed E-state index contributed by atoms with van der Waals surface area (Å²) in [7, 11) is 2.08. The van der Waals surface area contributed by atoms with Crippen LogP contribution >= 0.6 is 11.3 Å². The third-order valence-electron chi connectivity index (χ3n) is 6.04. The van der Waals surface area contributed by atoms with Crippen LogP contribution in [0.25, 0.3) is 10.9 Å². The molecule has 3 fully saturated rings. The van der Waals surface area contributed by atoms with Crippen molar-refractivity contribution in [3.05, 3.63) is 52.6 Å². The summed E-state index contributed by atoms with van der Waals surface area (Å²) in [5, 5.41) is 3.34. The second-order valence-electron chi connectivity index (χ2n) is 7.89. The van der Waals surface area contributed by atoms with Crippen LogP contribution in [0.2, 0.25) is 0 Å². The molecule has 0 radical (unpaired) electrons. The van der Waals surface area contributed by atoms with Crippen LogP contribution in [-0.2, 0) is 24.9 Å². The van der Waals surface area contributed by atoms with Gasteiger partial charge in [0, 0.05) is 49.8 Å². The number of carbonyl (C=O) groups is 1. The highest BCUT2D eigenvalue weighted by molar-refractivity contribution is 7.07. The number of benzene rings is 1. The van der Waals surface area contributed by atoms with E-state index in [1.165, 1.54) is 16.5 Å². The second-order valence-corrected chi connectivity index (χ2v) is 8.61. The molecule has 6 heteroatoms. The quantitative estimate of drug-likeness (QED) is 0.698. The van der Waals surface area contributed by atoms with Gasteiger partial charge in [-0.3, -0.25) is 9.69 Å². The average molecular weight is 381 g/mol. The molecular weight excluding hydrogens is 356 g/mol. The molecule has 0 spiro atoms. The zero-order chi connectivity index (χ0) is 18.4. The number of carbonyl (C=O) groups excluding carboxylic acids is 1. The lowest BCUT2D eigenvalue weighted by atomic mass is 9.94. The van der Waals surface area contributed by atoms with Crippen molar-refractivity contribution in [2.24, 2.45) is 13.0 Å². The number of nitrogens with zero attached hydrogens (tertiary/aromatic N) is 4. The van der Waals surface area contributed by atoms with Crippen molar-refractivity contribution < 1.29 is 4.79 Å². The number of amides is 1. The van der Waals surface area contributed by atoms with Gasteiger partial charge in [-0.2, -0.15) is 0 Å². The Morgan fingerprint density at radius 3 is 2.96 bits per heavy atom. The molecule has 0 unspecified atom stereocenters. The van der Waals surface area contributed by atoms with E-state index >= 15 is 0 Å². The first kappa shape index (κ1) is 17.0.